The number of fused-ring (bicyclic) bond motifs is 2. The summed E-state index contributed by atoms with van der Waals surface area (Å²) in [5.74, 6) is 1.72. The van der Waals surface area contributed by atoms with E-state index in [1.54, 1.807) is 22.2 Å². The van der Waals surface area contributed by atoms with Crippen LogP contribution < -0.4 is 11.0 Å². The Morgan fingerprint density at radius 2 is 2.32 bits per heavy atom. The lowest BCUT2D eigenvalue weighted by atomic mass is 10.1. The first-order valence-corrected chi connectivity index (χ1v) is 8.14. The summed E-state index contributed by atoms with van der Waals surface area (Å²) in [5, 5.41) is 11.2. The van der Waals surface area contributed by atoms with Crippen LogP contribution in [0.5, 0.6) is 0 Å². The smallest absolute Gasteiger partial charge is 0.343 e. The number of rotatable bonds is 2. The predicted molar refractivity (Wildman–Crippen MR) is 85.3 cm³/mol. The first-order valence-electron chi connectivity index (χ1n) is 7.32. The summed E-state index contributed by atoms with van der Waals surface area (Å²) in [6.07, 6.45) is 4.19. The average molecular weight is 316 g/mol. The maximum Gasteiger partial charge on any atom is 0.343 e. The van der Waals surface area contributed by atoms with E-state index < -0.39 is 0 Å². The van der Waals surface area contributed by atoms with Crippen molar-refractivity contribution in [3.63, 3.8) is 0 Å². The first kappa shape index (κ1) is 13.4. The molecule has 0 radical (unpaired) electrons. The number of aryl methyl sites for hydroxylation is 2. The Hall–Kier alpha value is -2.22. The standard InChI is InChI=1S/C14H16N6OS/c1-8-6-10-12(15-7-16-13(10)22-8)17-9-2-3-11-18-19-14(21)20(11)5-4-9/h6-7,9H,2-5H2,1H3,(H,19,21)(H,15,16,17). The fourth-order valence-corrected chi connectivity index (χ4v) is 3.78. The summed E-state index contributed by atoms with van der Waals surface area (Å²) in [6.45, 7) is 2.76. The van der Waals surface area contributed by atoms with Gasteiger partial charge in [0.2, 0.25) is 0 Å². The van der Waals surface area contributed by atoms with Crippen molar-refractivity contribution in [1.82, 2.24) is 24.7 Å². The van der Waals surface area contributed by atoms with Crippen LogP contribution in [0.2, 0.25) is 0 Å². The Bertz CT molecular complexity index is 879. The first-order chi connectivity index (χ1) is 10.7. The second-order valence-electron chi connectivity index (χ2n) is 5.56. The van der Waals surface area contributed by atoms with Gasteiger partial charge in [0.15, 0.2) is 0 Å². The average Bonchev–Trinajstić information content (AvgIpc) is 2.98. The molecule has 4 heterocycles. The van der Waals surface area contributed by atoms with Crippen molar-refractivity contribution in [2.75, 3.05) is 5.32 Å². The summed E-state index contributed by atoms with van der Waals surface area (Å²) in [4.78, 5) is 22.6. The van der Waals surface area contributed by atoms with Crippen LogP contribution in [0.1, 0.15) is 23.5 Å². The molecule has 22 heavy (non-hydrogen) atoms. The van der Waals surface area contributed by atoms with Gasteiger partial charge in [-0.3, -0.25) is 4.57 Å². The lowest BCUT2D eigenvalue weighted by molar-refractivity contribution is 0.572. The Labute approximate surface area is 130 Å². The zero-order chi connectivity index (χ0) is 15.1. The summed E-state index contributed by atoms with van der Waals surface area (Å²) < 4.78 is 1.73. The number of anilines is 1. The molecule has 1 atom stereocenters. The fourth-order valence-electron chi connectivity index (χ4n) is 2.93. The van der Waals surface area contributed by atoms with E-state index in [1.165, 1.54) is 4.88 Å². The molecule has 1 aliphatic rings. The topological polar surface area (TPSA) is 88.5 Å². The normalized spacial score (nSPS) is 18.1. The molecule has 0 bridgehead atoms. The summed E-state index contributed by atoms with van der Waals surface area (Å²) in [7, 11) is 0. The number of nitrogens with zero attached hydrogens (tertiary/aromatic N) is 4. The molecular formula is C14H16N6OS. The molecule has 1 aliphatic heterocycles. The number of aromatic nitrogens is 5. The van der Waals surface area contributed by atoms with Crippen molar-refractivity contribution in [2.45, 2.75) is 38.8 Å². The monoisotopic (exact) mass is 316 g/mol. The molecule has 0 saturated carbocycles. The Morgan fingerprint density at radius 1 is 1.41 bits per heavy atom. The molecule has 0 fully saturated rings. The maximum atomic E-state index is 11.7. The van der Waals surface area contributed by atoms with Crippen molar-refractivity contribution in [3.05, 3.63) is 33.6 Å². The van der Waals surface area contributed by atoms with Gasteiger partial charge >= 0.3 is 5.69 Å². The molecule has 0 aromatic carbocycles. The van der Waals surface area contributed by atoms with Crippen LogP contribution >= 0.6 is 11.3 Å². The molecule has 3 aromatic rings. The molecule has 0 saturated heterocycles. The molecule has 114 valence electrons. The molecule has 0 amide bonds. The van der Waals surface area contributed by atoms with E-state index in [0.29, 0.717) is 6.54 Å². The van der Waals surface area contributed by atoms with Crippen LogP contribution in [-0.4, -0.2) is 30.8 Å². The minimum Gasteiger partial charge on any atom is -0.367 e. The number of hydrogen-bond acceptors (Lipinski definition) is 6. The number of H-pyrrole nitrogens is 1. The van der Waals surface area contributed by atoms with E-state index in [9.17, 15) is 4.79 Å². The molecule has 2 N–H and O–H groups in total. The molecular weight excluding hydrogens is 300 g/mol. The SMILES string of the molecule is Cc1cc2c(NC3CCc4n[nH]c(=O)n4CC3)ncnc2s1. The molecule has 0 aliphatic carbocycles. The fraction of sp³-hybridized carbons (Fsp3) is 0.429. The van der Waals surface area contributed by atoms with Crippen LogP contribution in [0.3, 0.4) is 0 Å². The quantitative estimate of drug-likeness (QED) is 0.751. The predicted octanol–water partition coefficient (Wildman–Crippen LogP) is 1.70. The van der Waals surface area contributed by atoms with Crippen molar-refractivity contribution >= 4 is 27.4 Å². The van der Waals surface area contributed by atoms with Crippen LogP contribution in [-0.2, 0) is 13.0 Å². The Morgan fingerprint density at radius 3 is 3.23 bits per heavy atom. The lowest BCUT2D eigenvalue weighted by Gasteiger charge is -2.16. The third-order valence-corrected chi connectivity index (χ3v) is 5.01. The van der Waals surface area contributed by atoms with Crippen molar-refractivity contribution in [2.24, 2.45) is 0 Å². The molecule has 3 aromatic heterocycles. The molecule has 4 rings (SSSR count). The van der Waals surface area contributed by atoms with Crippen molar-refractivity contribution in [1.29, 1.82) is 0 Å². The third kappa shape index (κ3) is 2.29. The van der Waals surface area contributed by atoms with E-state index in [-0.39, 0.29) is 11.7 Å². The number of thiophene rings is 1. The molecule has 1 unspecified atom stereocenters. The van der Waals surface area contributed by atoms with Crippen LogP contribution in [0, 0.1) is 6.92 Å². The van der Waals surface area contributed by atoms with Crippen LogP contribution in [0.15, 0.2) is 17.2 Å². The molecule has 0 spiro atoms. The highest BCUT2D eigenvalue weighted by Gasteiger charge is 2.20. The Balaban J connectivity index is 1.57. The minimum absolute atomic E-state index is 0.117. The van der Waals surface area contributed by atoms with E-state index in [2.05, 4.69) is 38.5 Å². The van der Waals surface area contributed by atoms with Gasteiger partial charge in [-0.15, -0.1) is 11.3 Å². The lowest BCUT2D eigenvalue weighted by Crippen LogP contribution is -2.23. The number of hydrogen-bond donors (Lipinski definition) is 2. The zero-order valence-corrected chi connectivity index (χ0v) is 13.0. The highest BCUT2D eigenvalue weighted by atomic mass is 32.1. The van der Waals surface area contributed by atoms with Gasteiger partial charge in [-0.2, -0.15) is 5.10 Å². The van der Waals surface area contributed by atoms with Gasteiger partial charge in [0.05, 0.1) is 5.39 Å². The second kappa shape index (κ2) is 5.20. The van der Waals surface area contributed by atoms with E-state index >= 15 is 0 Å². The molecule has 8 heteroatoms. The van der Waals surface area contributed by atoms with E-state index in [1.807, 2.05) is 0 Å². The van der Waals surface area contributed by atoms with Gasteiger partial charge in [0.1, 0.15) is 22.8 Å². The van der Waals surface area contributed by atoms with E-state index in [0.717, 1.165) is 41.1 Å². The summed E-state index contributed by atoms with van der Waals surface area (Å²) in [5.41, 5.74) is -0.117. The maximum absolute atomic E-state index is 11.7. The zero-order valence-electron chi connectivity index (χ0n) is 12.2. The van der Waals surface area contributed by atoms with Crippen LogP contribution in [0.4, 0.5) is 5.82 Å². The van der Waals surface area contributed by atoms with Gasteiger partial charge < -0.3 is 5.32 Å². The van der Waals surface area contributed by atoms with Crippen molar-refractivity contribution in [3.8, 4) is 0 Å². The molecule has 7 nitrogen and oxygen atoms in total. The number of nitrogens with one attached hydrogen (secondary N) is 2. The van der Waals surface area contributed by atoms with Gasteiger partial charge in [-0.05, 0) is 25.8 Å². The highest BCUT2D eigenvalue weighted by molar-refractivity contribution is 7.18. The van der Waals surface area contributed by atoms with E-state index in [4.69, 9.17) is 0 Å². The minimum atomic E-state index is -0.117. The number of aromatic amines is 1. The third-order valence-electron chi connectivity index (χ3n) is 4.05. The van der Waals surface area contributed by atoms with Crippen molar-refractivity contribution < 1.29 is 0 Å². The van der Waals surface area contributed by atoms with Gasteiger partial charge in [-0.1, -0.05) is 0 Å². The highest BCUT2D eigenvalue weighted by Crippen LogP contribution is 2.28. The van der Waals surface area contributed by atoms with Gasteiger partial charge in [0.25, 0.3) is 0 Å². The Kier molecular flexibility index (Phi) is 3.18. The summed E-state index contributed by atoms with van der Waals surface area (Å²) in [6, 6.07) is 2.40. The largest absolute Gasteiger partial charge is 0.367 e. The second-order valence-corrected chi connectivity index (χ2v) is 6.80. The summed E-state index contributed by atoms with van der Waals surface area (Å²) >= 11 is 1.67. The van der Waals surface area contributed by atoms with Gasteiger partial charge in [0, 0.05) is 23.9 Å². The van der Waals surface area contributed by atoms with Crippen LogP contribution in [0.25, 0.3) is 10.2 Å². The van der Waals surface area contributed by atoms with Gasteiger partial charge in [-0.25, -0.2) is 19.9 Å².